The zero-order valence-electron chi connectivity index (χ0n) is 13.0. The fourth-order valence-corrected chi connectivity index (χ4v) is 4.45. The second-order valence-corrected chi connectivity index (χ2v) is 7.18. The molecule has 7 heteroatoms. The van der Waals surface area contributed by atoms with Gasteiger partial charge in [-0.1, -0.05) is 0 Å². The summed E-state index contributed by atoms with van der Waals surface area (Å²) in [4.78, 5) is 35.0. The minimum atomic E-state index is -3.57. The molecule has 0 aromatic heterocycles. The molecular weight excluding hydrogens is 310 g/mol. The lowest BCUT2D eigenvalue weighted by Gasteiger charge is -2.54. The molecule has 2 unspecified atom stereocenters. The van der Waals surface area contributed by atoms with Crippen LogP contribution < -0.4 is 0 Å². The fraction of sp³-hybridized carbons (Fsp3) is 0.812. The third-order valence-corrected chi connectivity index (χ3v) is 5.17. The van der Waals surface area contributed by atoms with Crippen molar-refractivity contribution in [3.05, 3.63) is 0 Å². The number of ketones is 1. The summed E-state index contributed by atoms with van der Waals surface area (Å²) in [5.41, 5.74) is -0.583. The largest absolute Gasteiger partial charge is 0.461 e. The van der Waals surface area contributed by atoms with Crippen molar-refractivity contribution < 1.29 is 32.6 Å². The molecule has 0 spiro atoms. The Morgan fingerprint density at radius 3 is 2.39 bits per heavy atom. The average Bonchev–Trinajstić information content (AvgIpc) is 2.42. The number of hydrogen-bond donors (Lipinski definition) is 0. The second kappa shape index (κ2) is 5.53. The number of carbonyl (C=O) groups is 3. The van der Waals surface area contributed by atoms with Crippen molar-refractivity contribution in [1.82, 2.24) is 0 Å². The molecule has 128 valence electrons. The van der Waals surface area contributed by atoms with Crippen LogP contribution in [0.1, 0.15) is 45.4 Å². The van der Waals surface area contributed by atoms with E-state index in [0.29, 0.717) is 31.5 Å². The summed E-state index contributed by atoms with van der Waals surface area (Å²) in [5, 5.41) is 0. The van der Waals surface area contributed by atoms with Gasteiger partial charge in [0.15, 0.2) is 0 Å². The topological polar surface area (TPSA) is 69.7 Å². The van der Waals surface area contributed by atoms with Crippen LogP contribution in [0.2, 0.25) is 0 Å². The molecule has 0 aromatic rings. The van der Waals surface area contributed by atoms with Crippen molar-refractivity contribution >= 4 is 17.7 Å². The Morgan fingerprint density at radius 2 is 1.83 bits per heavy atom. The molecule has 0 heterocycles. The van der Waals surface area contributed by atoms with Gasteiger partial charge in [0.25, 0.3) is 0 Å². The molecule has 4 rings (SSSR count). The van der Waals surface area contributed by atoms with Crippen molar-refractivity contribution in [2.75, 3.05) is 6.61 Å². The minimum Gasteiger partial charge on any atom is -0.461 e. The van der Waals surface area contributed by atoms with Crippen LogP contribution in [0.25, 0.3) is 0 Å². The van der Waals surface area contributed by atoms with Gasteiger partial charge in [-0.15, -0.1) is 0 Å². The van der Waals surface area contributed by atoms with E-state index in [9.17, 15) is 23.2 Å². The van der Waals surface area contributed by atoms with Crippen LogP contribution in [0, 0.1) is 17.8 Å². The first-order valence-corrected chi connectivity index (χ1v) is 7.99. The smallest absolute Gasteiger partial charge is 0.376 e. The first kappa shape index (κ1) is 16.3. The van der Waals surface area contributed by atoms with E-state index in [4.69, 9.17) is 4.74 Å². The summed E-state index contributed by atoms with van der Waals surface area (Å²) in [5.74, 6) is -5.07. The van der Waals surface area contributed by atoms with E-state index in [1.165, 1.54) is 0 Å². The third-order valence-electron chi connectivity index (χ3n) is 5.17. The van der Waals surface area contributed by atoms with E-state index in [-0.39, 0.29) is 18.3 Å². The van der Waals surface area contributed by atoms with Crippen LogP contribution in [0.4, 0.5) is 8.78 Å². The standard InChI is InChI=1S/C16H20F2O5/c1-15(17,18)14(21)22-3-2-12(19)23-16-6-9-4-10(7-16)13(20)11(5-9)8-16/h9-11H,2-8H2,1H3. The van der Waals surface area contributed by atoms with Gasteiger partial charge in [-0.25, -0.2) is 4.79 Å². The van der Waals surface area contributed by atoms with Gasteiger partial charge < -0.3 is 9.47 Å². The predicted molar refractivity (Wildman–Crippen MR) is 73.6 cm³/mol. The summed E-state index contributed by atoms with van der Waals surface area (Å²) in [6, 6.07) is 0. The van der Waals surface area contributed by atoms with Gasteiger partial charge in [-0.3, -0.25) is 9.59 Å². The van der Waals surface area contributed by atoms with Gasteiger partial charge >= 0.3 is 17.9 Å². The lowest BCUT2D eigenvalue weighted by atomic mass is 9.53. The number of ether oxygens (including phenoxy) is 2. The van der Waals surface area contributed by atoms with Crippen LogP contribution >= 0.6 is 0 Å². The van der Waals surface area contributed by atoms with Crippen LogP contribution in [-0.4, -0.2) is 35.9 Å². The van der Waals surface area contributed by atoms with Crippen LogP contribution in [0.15, 0.2) is 0 Å². The maximum atomic E-state index is 12.6. The fourth-order valence-electron chi connectivity index (χ4n) is 4.45. The monoisotopic (exact) mass is 330 g/mol. The van der Waals surface area contributed by atoms with Crippen molar-refractivity contribution in [3.8, 4) is 0 Å². The van der Waals surface area contributed by atoms with Crippen molar-refractivity contribution in [1.29, 1.82) is 0 Å². The number of Topliss-reactive ketones (excluding diaryl/α,β-unsaturated/α-hetero) is 1. The molecule has 0 amide bonds. The summed E-state index contributed by atoms with van der Waals surface area (Å²) in [6.45, 7) is 0.0203. The number of alkyl halides is 2. The Labute approximate surface area is 132 Å². The van der Waals surface area contributed by atoms with E-state index >= 15 is 0 Å². The third kappa shape index (κ3) is 3.23. The molecule has 4 aliphatic rings. The Bertz CT molecular complexity index is 521. The van der Waals surface area contributed by atoms with Crippen molar-refractivity contribution in [2.45, 2.75) is 57.0 Å². The number of carbonyl (C=O) groups excluding carboxylic acids is 3. The molecule has 23 heavy (non-hydrogen) atoms. The molecule has 0 saturated heterocycles. The highest BCUT2D eigenvalue weighted by Crippen LogP contribution is 2.55. The Hall–Kier alpha value is -1.53. The summed E-state index contributed by atoms with van der Waals surface area (Å²) < 4.78 is 35.2. The number of hydrogen-bond acceptors (Lipinski definition) is 5. The highest BCUT2D eigenvalue weighted by Gasteiger charge is 2.57. The van der Waals surface area contributed by atoms with Crippen molar-refractivity contribution in [2.24, 2.45) is 17.8 Å². The molecule has 0 aliphatic heterocycles. The number of rotatable bonds is 5. The minimum absolute atomic E-state index is 0.00865. The first-order valence-electron chi connectivity index (χ1n) is 7.99. The molecule has 4 aliphatic carbocycles. The predicted octanol–water partition coefficient (Wildman–Crippen LogP) is 2.27. The van der Waals surface area contributed by atoms with Gasteiger partial charge in [0.05, 0.1) is 6.42 Å². The lowest BCUT2D eigenvalue weighted by Crippen LogP contribution is -2.56. The molecule has 4 bridgehead atoms. The van der Waals surface area contributed by atoms with E-state index < -0.39 is 30.1 Å². The normalized spacial score (nSPS) is 35.3. The maximum Gasteiger partial charge on any atom is 0.376 e. The zero-order valence-corrected chi connectivity index (χ0v) is 13.0. The Balaban J connectivity index is 1.51. The van der Waals surface area contributed by atoms with Gasteiger partial charge in [-0.05, 0) is 38.0 Å². The number of halogens is 2. The Morgan fingerprint density at radius 1 is 1.22 bits per heavy atom. The Kier molecular flexibility index (Phi) is 3.92. The molecule has 0 radical (unpaired) electrons. The van der Waals surface area contributed by atoms with E-state index in [1.54, 1.807) is 0 Å². The quantitative estimate of drug-likeness (QED) is 0.723. The van der Waals surface area contributed by atoms with Gasteiger partial charge in [0.1, 0.15) is 18.0 Å². The molecule has 4 saturated carbocycles. The average molecular weight is 330 g/mol. The summed E-state index contributed by atoms with van der Waals surface area (Å²) in [6.07, 6.45) is 3.42. The van der Waals surface area contributed by atoms with Gasteiger partial charge in [0.2, 0.25) is 0 Å². The van der Waals surface area contributed by atoms with E-state index in [0.717, 1.165) is 19.3 Å². The molecule has 5 nitrogen and oxygen atoms in total. The lowest BCUT2D eigenvalue weighted by molar-refractivity contribution is -0.191. The number of esters is 2. The second-order valence-electron chi connectivity index (χ2n) is 7.18. The van der Waals surface area contributed by atoms with Gasteiger partial charge in [-0.2, -0.15) is 8.78 Å². The zero-order chi connectivity index (χ0) is 16.8. The summed E-state index contributed by atoms with van der Waals surface area (Å²) >= 11 is 0. The molecule has 0 N–H and O–H groups in total. The highest BCUT2D eigenvalue weighted by molar-refractivity contribution is 5.86. The molecular formula is C16H20F2O5. The van der Waals surface area contributed by atoms with Gasteiger partial charge in [0, 0.05) is 18.8 Å². The first-order chi connectivity index (χ1) is 10.7. The highest BCUT2D eigenvalue weighted by atomic mass is 19.3. The van der Waals surface area contributed by atoms with Crippen LogP contribution in [0.5, 0.6) is 0 Å². The van der Waals surface area contributed by atoms with Crippen molar-refractivity contribution in [3.63, 3.8) is 0 Å². The summed E-state index contributed by atoms with van der Waals surface area (Å²) in [7, 11) is 0. The molecule has 2 atom stereocenters. The SMILES string of the molecule is CC(F)(F)C(=O)OCCC(=O)OC12CC3CC(C1)C(=O)C(C3)C2. The molecule has 4 fully saturated rings. The van der Waals surface area contributed by atoms with E-state index in [2.05, 4.69) is 4.74 Å². The van der Waals surface area contributed by atoms with Crippen LogP contribution in [-0.2, 0) is 23.9 Å². The molecule has 0 aromatic carbocycles. The van der Waals surface area contributed by atoms with E-state index in [1.807, 2.05) is 0 Å². The van der Waals surface area contributed by atoms with Crippen LogP contribution in [0.3, 0.4) is 0 Å². The maximum absolute atomic E-state index is 12.6.